The largest absolute Gasteiger partial charge is 0.356 e. The van der Waals surface area contributed by atoms with E-state index in [1.54, 1.807) is 31.3 Å². The summed E-state index contributed by atoms with van der Waals surface area (Å²) >= 11 is 5.86. The Hall–Kier alpha value is -1.81. The summed E-state index contributed by atoms with van der Waals surface area (Å²) in [5, 5.41) is 6.94. The number of aromatic nitrogens is 2. The highest BCUT2D eigenvalue weighted by molar-refractivity contribution is 14.0. The van der Waals surface area contributed by atoms with Crippen molar-refractivity contribution >= 4 is 53.1 Å². The predicted molar refractivity (Wildman–Crippen MR) is 133 cm³/mol. The van der Waals surface area contributed by atoms with E-state index >= 15 is 0 Å². The first-order valence-electron chi connectivity index (χ1n) is 10.0. The molecule has 30 heavy (non-hydrogen) atoms. The van der Waals surface area contributed by atoms with Gasteiger partial charge in [0.1, 0.15) is 0 Å². The van der Waals surface area contributed by atoms with E-state index in [9.17, 15) is 4.79 Å². The van der Waals surface area contributed by atoms with E-state index in [-0.39, 0.29) is 29.9 Å². The molecule has 1 aliphatic heterocycles. The van der Waals surface area contributed by atoms with Crippen LogP contribution in [-0.4, -0.2) is 53.0 Å². The molecule has 0 aliphatic carbocycles. The number of hydrogen-bond donors (Lipinski definition) is 2. The summed E-state index contributed by atoms with van der Waals surface area (Å²) < 4.78 is 2.19. The molecule has 7 nitrogen and oxygen atoms in total. The number of nitrogens with zero attached hydrogens (tertiary/aromatic N) is 4. The Bertz CT molecular complexity index is 811. The van der Waals surface area contributed by atoms with Crippen molar-refractivity contribution in [2.75, 3.05) is 32.0 Å². The number of halogens is 2. The zero-order chi connectivity index (χ0) is 20.6. The van der Waals surface area contributed by atoms with Gasteiger partial charge in [-0.2, -0.15) is 0 Å². The van der Waals surface area contributed by atoms with E-state index in [0.717, 1.165) is 37.6 Å². The molecular formula is C21H30ClIN6O. The molecule has 2 N–H and O–H groups in total. The van der Waals surface area contributed by atoms with Gasteiger partial charge in [0.05, 0.1) is 12.4 Å². The van der Waals surface area contributed by atoms with Gasteiger partial charge in [0, 0.05) is 56.2 Å². The first-order chi connectivity index (χ1) is 14.1. The topological polar surface area (TPSA) is 74.6 Å². The monoisotopic (exact) mass is 544 g/mol. The van der Waals surface area contributed by atoms with Crippen LogP contribution in [0.2, 0.25) is 5.02 Å². The lowest BCUT2D eigenvalue weighted by molar-refractivity contribution is -0.116. The van der Waals surface area contributed by atoms with Crippen LogP contribution in [0.15, 0.2) is 48.0 Å². The minimum atomic E-state index is -0.00363. The van der Waals surface area contributed by atoms with Gasteiger partial charge in [0.15, 0.2) is 5.96 Å². The molecular weight excluding hydrogens is 515 g/mol. The Labute approximate surface area is 200 Å². The summed E-state index contributed by atoms with van der Waals surface area (Å²) in [4.78, 5) is 23.0. The van der Waals surface area contributed by atoms with Crippen molar-refractivity contribution in [2.45, 2.75) is 32.2 Å². The van der Waals surface area contributed by atoms with Crippen LogP contribution in [-0.2, 0) is 4.79 Å². The van der Waals surface area contributed by atoms with Crippen molar-refractivity contribution < 1.29 is 4.79 Å². The molecule has 0 radical (unpaired) electrons. The molecule has 164 valence electrons. The minimum absolute atomic E-state index is 0. The molecule has 0 spiro atoms. The van der Waals surface area contributed by atoms with Crippen LogP contribution in [0.3, 0.4) is 0 Å². The number of nitrogens with one attached hydrogen (secondary N) is 2. The van der Waals surface area contributed by atoms with Gasteiger partial charge < -0.3 is 20.1 Å². The molecule has 0 saturated carbocycles. The van der Waals surface area contributed by atoms with Gasteiger partial charge in [-0.1, -0.05) is 18.5 Å². The SMILES string of the molecule is CN=C(NCCCC(=O)Nc1ccc(Cl)cc1)N1CCC(C)C(n2ccnc2)C1.I. The summed E-state index contributed by atoms with van der Waals surface area (Å²) in [7, 11) is 1.81. The van der Waals surface area contributed by atoms with Crippen LogP contribution in [0.1, 0.15) is 32.2 Å². The van der Waals surface area contributed by atoms with Crippen LogP contribution >= 0.6 is 35.6 Å². The van der Waals surface area contributed by atoms with Gasteiger partial charge in [0.2, 0.25) is 5.91 Å². The Morgan fingerprint density at radius 2 is 2.10 bits per heavy atom. The number of hydrogen-bond acceptors (Lipinski definition) is 3. The number of benzene rings is 1. The van der Waals surface area contributed by atoms with E-state index in [4.69, 9.17) is 11.6 Å². The van der Waals surface area contributed by atoms with Crippen molar-refractivity contribution in [1.29, 1.82) is 0 Å². The fourth-order valence-corrected chi connectivity index (χ4v) is 3.76. The third-order valence-corrected chi connectivity index (χ3v) is 5.58. The highest BCUT2D eigenvalue weighted by Crippen LogP contribution is 2.27. The summed E-state index contributed by atoms with van der Waals surface area (Å²) in [5.41, 5.74) is 0.760. The van der Waals surface area contributed by atoms with Gasteiger partial charge in [-0.25, -0.2) is 4.98 Å². The van der Waals surface area contributed by atoms with Gasteiger partial charge in [-0.05, 0) is 43.0 Å². The molecule has 0 bridgehead atoms. The van der Waals surface area contributed by atoms with Crippen LogP contribution < -0.4 is 10.6 Å². The molecule has 1 aliphatic rings. The second-order valence-corrected chi connectivity index (χ2v) is 7.86. The number of rotatable bonds is 6. The van der Waals surface area contributed by atoms with Crippen molar-refractivity contribution in [3.8, 4) is 0 Å². The Kier molecular flexibility index (Phi) is 9.90. The Morgan fingerprint density at radius 3 is 2.77 bits per heavy atom. The quantitative estimate of drug-likeness (QED) is 0.249. The Balaban J connectivity index is 0.00000320. The zero-order valence-corrected chi connectivity index (χ0v) is 20.5. The summed E-state index contributed by atoms with van der Waals surface area (Å²) in [5.74, 6) is 1.48. The average Bonchev–Trinajstić information content (AvgIpc) is 3.25. The minimum Gasteiger partial charge on any atom is -0.356 e. The smallest absolute Gasteiger partial charge is 0.224 e. The zero-order valence-electron chi connectivity index (χ0n) is 17.4. The number of aliphatic imine (C=N–C) groups is 1. The number of carbonyl (C=O) groups excluding carboxylic acids is 1. The maximum Gasteiger partial charge on any atom is 0.224 e. The second kappa shape index (κ2) is 12.1. The van der Waals surface area contributed by atoms with E-state index in [0.29, 0.717) is 29.9 Å². The van der Waals surface area contributed by atoms with Gasteiger partial charge >= 0.3 is 0 Å². The van der Waals surface area contributed by atoms with E-state index < -0.39 is 0 Å². The van der Waals surface area contributed by atoms with E-state index in [1.807, 2.05) is 18.7 Å². The number of carbonyl (C=O) groups is 1. The second-order valence-electron chi connectivity index (χ2n) is 7.42. The summed E-state index contributed by atoms with van der Waals surface area (Å²) in [6.45, 7) is 4.86. The highest BCUT2D eigenvalue weighted by Gasteiger charge is 2.28. The highest BCUT2D eigenvalue weighted by atomic mass is 127. The number of likely N-dealkylation sites (tertiary alicyclic amines) is 1. The average molecular weight is 545 g/mol. The van der Waals surface area contributed by atoms with Crippen molar-refractivity contribution in [3.05, 3.63) is 48.0 Å². The molecule has 1 saturated heterocycles. The lowest BCUT2D eigenvalue weighted by Gasteiger charge is -2.39. The number of imidazole rings is 1. The molecule has 2 aromatic rings. The molecule has 1 fully saturated rings. The van der Waals surface area contributed by atoms with Gasteiger partial charge in [0.25, 0.3) is 0 Å². The number of guanidine groups is 1. The number of anilines is 1. The summed E-state index contributed by atoms with van der Waals surface area (Å²) in [6.07, 6.45) is 8.02. The van der Waals surface area contributed by atoms with Crippen molar-refractivity contribution in [2.24, 2.45) is 10.9 Å². The maximum atomic E-state index is 12.1. The van der Waals surface area contributed by atoms with Crippen molar-refractivity contribution in [1.82, 2.24) is 19.8 Å². The molecule has 2 unspecified atom stereocenters. The van der Waals surface area contributed by atoms with Gasteiger partial charge in [-0.3, -0.25) is 9.79 Å². The molecule has 1 amide bonds. The van der Waals surface area contributed by atoms with Crippen molar-refractivity contribution in [3.63, 3.8) is 0 Å². The van der Waals surface area contributed by atoms with Crippen LogP contribution in [0.25, 0.3) is 0 Å². The molecule has 2 heterocycles. The maximum absolute atomic E-state index is 12.1. The van der Waals surface area contributed by atoms with Gasteiger partial charge in [-0.15, -0.1) is 24.0 Å². The third kappa shape index (κ3) is 6.87. The first kappa shape index (κ1) is 24.5. The first-order valence-corrected chi connectivity index (χ1v) is 10.4. The molecule has 1 aromatic heterocycles. The fourth-order valence-electron chi connectivity index (χ4n) is 3.63. The molecule has 1 aromatic carbocycles. The molecule has 2 atom stereocenters. The third-order valence-electron chi connectivity index (χ3n) is 5.33. The number of amides is 1. The Morgan fingerprint density at radius 1 is 1.33 bits per heavy atom. The number of piperidine rings is 1. The van der Waals surface area contributed by atoms with Crippen LogP contribution in [0, 0.1) is 5.92 Å². The molecule has 3 rings (SSSR count). The summed E-state index contributed by atoms with van der Waals surface area (Å²) in [6, 6.07) is 7.51. The standard InChI is InChI=1S/C21H29ClN6O.HI/c1-16-9-12-27(14-19(16)28-13-11-24-15-28)21(23-2)25-10-3-4-20(29)26-18-7-5-17(22)6-8-18;/h5-8,11,13,15-16,19H,3-4,9-10,12,14H2,1-2H3,(H,23,25)(H,26,29);1H. The normalized spacial score (nSPS) is 19.2. The lowest BCUT2D eigenvalue weighted by atomic mass is 9.93. The van der Waals surface area contributed by atoms with Crippen LogP contribution in [0.5, 0.6) is 0 Å². The van der Waals surface area contributed by atoms with E-state index in [1.165, 1.54) is 0 Å². The predicted octanol–water partition coefficient (Wildman–Crippen LogP) is 4.03. The van der Waals surface area contributed by atoms with E-state index in [2.05, 4.69) is 37.0 Å². The molecule has 9 heteroatoms. The lowest BCUT2D eigenvalue weighted by Crippen LogP contribution is -2.49. The van der Waals surface area contributed by atoms with Crippen LogP contribution in [0.4, 0.5) is 5.69 Å². The fraction of sp³-hybridized carbons (Fsp3) is 0.476.